The largest absolute Gasteiger partial charge is 0.335 e. The second-order valence-electron chi connectivity index (χ2n) is 7.28. The first-order valence-corrected chi connectivity index (χ1v) is 11.5. The lowest BCUT2D eigenvalue weighted by atomic mass is 10.0. The lowest BCUT2D eigenvalue weighted by molar-refractivity contribution is 0.154. The Bertz CT molecular complexity index is 740. The summed E-state index contributed by atoms with van der Waals surface area (Å²) in [6, 6.07) is 8.01. The maximum absolute atomic E-state index is 12.4. The van der Waals surface area contributed by atoms with Gasteiger partial charge >= 0.3 is 6.03 Å². The number of urea groups is 1. The number of hydrogen-bond acceptors (Lipinski definition) is 4. The van der Waals surface area contributed by atoms with E-state index in [1.807, 2.05) is 24.3 Å². The van der Waals surface area contributed by atoms with Crippen LogP contribution in [0.2, 0.25) is 5.02 Å². The Hall–Kier alpha value is -1.35. The van der Waals surface area contributed by atoms with Gasteiger partial charge < -0.3 is 10.2 Å². The predicted molar refractivity (Wildman–Crippen MR) is 106 cm³/mol. The molecule has 27 heavy (non-hydrogen) atoms. The molecule has 0 atom stereocenters. The predicted octanol–water partition coefficient (Wildman–Crippen LogP) is 1.59. The number of hydrogen-bond donors (Lipinski definition) is 1. The van der Waals surface area contributed by atoms with Gasteiger partial charge in [-0.1, -0.05) is 23.7 Å². The molecule has 2 amide bonds. The van der Waals surface area contributed by atoms with Crippen molar-refractivity contribution in [3.05, 3.63) is 34.9 Å². The zero-order chi connectivity index (χ0) is 19.4. The number of carbonyl (C=O) groups excluding carboxylic acids is 1. The van der Waals surface area contributed by atoms with Crippen molar-refractivity contribution in [2.24, 2.45) is 0 Å². The van der Waals surface area contributed by atoms with Crippen LogP contribution in [0.5, 0.6) is 0 Å². The van der Waals surface area contributed by atoms with Gasteiger partial charge in [0.25, 0.3) is 0 Å². The lowest BCUT2D eigenvalue weighted by Gasteiger charge is -2.36. The number of benzene rings is 1. The normalized spacial score (nSPS) is 20.6. The summed E-state index contributed by atoms with van der Waals surface area (Å²) in [7, 11) is -3.17. The van der Waals surface area contributed by atoms with Gasteiger partial charge in [-0.15, -0.1) is 0 Å². The molecule has 2 heterocycles. The molecule has 2 fully saturated rings. The molecular formula is C18H27ClN4O3S. The molecule has 9 heteroatoms. The van der Waals surface area contributed by atoms with Gasteiger partial charge in [0.1, 0.15) is 0 Å². The summed E-state index contributed by atoms with van der Waals surface area (Å²) in [5.74, 6) is 0. The van der Waals surface area contributed by atoms with Crippen LogP contribution in [0.25, 0.3) is 0 Å². The van der Waals surface area contributed by atoms with Crippen LogP contribution in [0.15, 0.2) is 24.3 Å². The van der Waals surface area contributed by atoms with Crippen molar-refractivity contribution in [2.45, 2.75) is 25.4 Å². The number of sulfonamides is 1. The summed E-state index contributed by atoms with van der Waals surface area (Å²) in [5, 5.41) is 3.86. The molecule has 0 spiro atoms. The van der Waals surface area contributed by atoms with Crippen LogP contribution in [0.1, 0.15) is 18.4 Å². The fourth-order valence-electron chi connectivity index (χ4n) is 3.57. The Morgan fingerprint density at radius 1 is 1.07 bits per heavy atom. The Morgan fingerprint density at radius 3 is 2.22 bits per heavy atom. The van der Waals surface area contributed by atoms with Gasteiger partial charge in [-0.3, -0.25) is 4.90 Å². The van der Waals surface area contributed by atoms with E-state index in [0.29, 0.717) is 26.2 Å². The molecule has 0 aliphatic carbocycles. The van der Waals surface area contributed by atoms with E-state index in [4.69, 9.17) is 11.6 Å². The summed E-state index contributed by atoms with van der Waals surface area (Å²) >= 11 is 5.93. The molecule has 0 radical (unpaired) electrons. The van der Waals surface area contributed by atoms with E-state index in [1.165, 1.54) is 16.1 Å². The second-order valence-corrected chi connectivity index (χ2v) is 9.69. The average Bonchev–Trinajstić information content (AvgIpc) is 2.64. The number of halogens is 1. The summed E-state index contributed by atoms with van der Waals surface area (Å²) < 4.78 is 24.5. The summed E-state index contributed by atoms with van der Waals surface area (Å²) in [5.41, 5.74) is 1.24. The number of carbonyl (C=O) groups is 1. The van der Waals surface area contributed by atoms with E-state index >= 15 is 0 Å². The third-order valence-corrected chi connectivity index (χ3v) is 6.78. The molecule has 2 saturated heterocycles. The minimum absolute atomic E-state index is 0.0840. The highest BCUT2D eigenvalue weighted by atomic mass is 35.5. The quantitative estimate of drug-likeness (QED) is 0.812. The molecule has 0 aromatic heterocycles. The molecule has 2 aliphatic rings. The molecular weight excluding hydrogens is 388 g/mol. The van der Waals surface area contributed by atoms with Gasteiger partial charge in [-0.25, -0.2) is 13.2 Å². The highest BCUT2D eigenvalue weighted by molar-refractivity contribution is 7.88. The standard InChI is InChI=1S/C18H27ClN4O3S/c1-27(25,26)23-12-10-22(11-13-23)18(24)20-17-6-8-21(9-7-17)14-15-2-4-16(19)5-3-15/h2-5,17H,6-14H2,1H3,(H,20,24). The van der Waals surface area contributed by atoms with Gasteiger partial charge in [0, 0.05) is 56.9 Å². The Morgan fingerprint density at radius 2 is 1.67 bits per heavy atom. The van der Waals surface area contributed by atoms with Crippen LogP contribution in [0.3, 0.4) is 0 Å². The van der Waals surface area contributed by atoms with E-state index in [9.17, 15) is 13.2 Å². The first-order valence-electron chi connectivity index (χ1n) is 9.28. The number of piperidine rings is 1. The van der Waals surface area contributed by atoms with Crippen molar-refractivity contribution < 1.29 is 13.2 Å². The first kappa shape index (κ1) is 20.4. The van der Waals surface area contributed by atoms with Crippen molar-refractivity contribution in [1.82, 2.24) is 19.4 Å². The minimum atomic E-state index is -3.17. The van der Waals surface area contributed by atoms with E-state index in [1.54, 1.807) is 4.90 Å². The van der Waals surface area contributed by atoms with Crippen molar-refractivity contribution >= 4 is 27.7 Å². The smallest absolute Gasteiger partial charge is 0.317 e. The number of amides is 2. The molecule has 1 aromatic rings. The molecule has 3 rings (SSSR count). The zero-order valence-electron chi connectivity index (χ0n) is 15.6. The number of rotatable bonds is 4. The Balaban J connectivity index is 1.40. The van der Waals surface area contributed by atoms with Gasteiger partial charge in [0.2, 0.25) is 10.0 Å². The highest BCUT2D eigenvalue weighted by Gasteiger charge is 2.28. The van der Waals surface area contributed by atoms with Crippen LogP contribution in [0, 0.1) is 0 Å². The minimum Gasteiger partial charge on any atom is -0.335 e. The molecule has 2 aliphatic heterocycles. The highest BCUT2D eigenvalue weighted by Crippen LogP contribution is 2.16. The molecule has 7 nitrogen and oxygen atoms in total. The fraction of sp³-hybridized carbons (Fsp3) is 0.611. The molecule has 1 N–H and O–H groups in total. The third kappa shape index (κ3) is 5.81. The molecule has 0 unspecified atom stereocenters. The Labute approximate surface area is 166 Å². The number of piperazine rings is 1. The van der Waals surface area contributed by atoms with Crippen molar-refractivity contribution in [3.8, 4) is 0 Å². The maximum Gasteiger partial charge on any atom is 0.317 e. The SMILES string of the molecule is CS(=O)(=O)N1CCN(C(=O)NC2CCN(Cc3ccc(Cl)cc3)CC2)CC1. The van der Waals surface area contributed by atoms with Crippen molar-refractivity contribution in [2.75, 3.05) is 45.5 Å². The molecule has 0 saturated carbocycles. The zero-order valence-corrected chi connectivity index (χ0v) is 17.2. The van der Waals surface area contributed by atoms with Crippen LogP contribution in [0.4, 0.5) is 4.79 Å². The summed E-state index contributed by atoms with van der Waals surface area (Å²) in [6.07, 6.45) is 3.05. The Kier molecular flexibility index (Phi) is 6.62. The van der Waals surface area contributed by atoms with Gasteiger partial charge in [0.15, 0.2) is 0 Å². The van der Waals surface area contributed by atoms with Gasteiger partial charge in [-0.05, 0) is 30.5 Å². The topological polar surface area (TPSA) is 73.0 Å². The summed E-state index contributed by atoms with van der Waals surface area (Å²) in [4.78, 5) is 16.5. The number of likely N-dealkylation sites (tertiary alicyclic amines) is 1. The fourth-order valence-corrected chi connectivity index (χ4v) is 4.52. The van der Waals surface area contributed by atoms with E-state index < -0.39 is 10.0 Å². The van der Waals surface area contributed by atoms with E-state index in [0.717, 1.165) is 37.5 Å². The lowest BCUT2D eigenvalue weighted by Crippen LogP contribution is -2.55. The van der Waals surface area contributed by atoms with Crippen LogP contribution in [-0.4, -0.2) is 80.1 Å². The van der Waals surface area contributed by atoms with Crippen LogP contribution >= 0.6 is 11.6 Å². The first-order chi connectivity index (χ1) is 12.8. The van der Waals surface area contributed by atoms with Crippen molar-refractivity contribution in [1.29, 1.82) is 0 Å². The third-order valence-electron chi connectivity index (χ3n) is 5.23. The number of nitrogens with one attached hydrogen (secondary N) is 1. The molecule has 1 aromatic carbocycles. The van der Waals surface area contributed by atoms with Crippen molar-refractivity contribution in [3.63, 3.8) is 0 Å². The van der Waals surface area contributed by atoms with Crippen LogP contribution in [-0.2, 0) is 16.6 Å². The molecule has 150 valence electrons. The molecule has 0 bridgehead atoms. The monoisotopic (exact) mass is 414 g/mol. The summed E-state index contributed by atoms with van der Waals surface area (Å²) in [6.45, 7) is 4.39. The number of nitrogens with zero attached hydrogens (tertiary/aromatic N) is 3. The van der Waals surface area contributed by atoms with E-state index in [2.05, 4.69) is 10.2 Å². The van der Waals surface area contributed by atoms with E-state index in [-0.39, 0.29) is 12.1 Å². The second kappa shape index (κ2) is 8.77. The van der Waals surface area contributed by atoms with Crippen LogP contribution < -0.4 is 5.32 Å². The van der Waals surface area contributed by atoms with Gasteiger partial charge in [-0.2, -0.15) is 4.31 Å². The van der Waals surface area contributed by atoms with Gasteiger partial charge in [0.05, 0.1) is 6.26 Å². The maximum atomic E-state index is 12.4. The average molecular weight is 415 g/mol.